The van der Waals surface area contributed by atoms with Gasteiger partial charge in [-0.2, -0.15) is 0 Å². The Morgan fingerprint density at radius 3 is 2.68 bits per heavy atom. The van der Waals surface area contributed by atoms with Gasteiger partial charge < -0.3 is 19.6 Å². The van der Waals surface area contributed by atoms with Gasteiger partial charge in [-0.1, -0.05) is 12.1 Å². The van der Waals surface area contributed by atoms with E-state index in [1.54, 1.807) is 36.5 Å². The molecule has 2 aromatic heterocycles. The van der Waals surface area contributed by atoms with E-state index in [2.05, 4.69) is 10.1 Å². The summed E-state index contributed by atoms with van der Waals surface area (Å²) in [6.45, 7) is 0.141. The molecule has 0 radical (unpaired) electrons. The van der Waals surface area contributed by atoms with Gasteiger partial charge in [0.25, 0.3) is 0 Å². The number of benzene rings is 1. The van der Waals surface area contributed by atoms with E-state index in [9.17, 15) is 23.1 Å². The lowest BCUT2D eigenvalue weighted by Crippen LogP contribution is -2.17. The minimum Gasteiger partial charge on any atom is -0.476 e. The minimum absolute atomic E-state index is 0.0465. The Kier molecular flexibility index (Phi) is 4.26. The molecule has 0 aliphatic rings. The molecule has 1 aromatic carbocycles. The van der Waals surface area contributed by atoms with Crippen molar-refractivity contribution in [1.82, 2.24) is 4.40 Å². The van der Waals surface area contributed by atoms with E-state index < -0.39 is 12.3 Å². The standard InChI is InChI=1S/C17H13F3N2O3/c18-17(19,20)25-13-5-1-3-11(9-13)10-21-14-7-6-12-4-2-8-22(12)15(14)16(23)24/h1-9,21H,10H2,(H,23,24). The number of hydrogen-bond donors (Lipinski definition) is 2. The van der Waals surface area contributed by atoms with Crippen molar-refractivity contribution in [3.63, 3.8) is 0 Å². The predicted molar refractivity (Wildman–Crippen MR) is 84.8 cm³/mol. The maximum absolute atomic E-state index is 12.3. The first kappa shape index (κ1) is 16.7. The Hall–Kier alpha value is -3.16. The number of carbonyl (C=O) groups is 1. The molecule has 5 nitrogen and oxygen atoms in total. The van der Waals surface area contributed by atoms with E-state index in [4.69, 9.17) is 0 Å². The molecule has 0 aliphatic carbocycles. The average molecular weight is 350 g/mol. The second-order valence-electron chi connectivity index (χ2n) is 5.25. The summed E-state index contributed by atoms with van der Waals surface area (Å²) in [7, 11) is 0. The van der Waals surface area contributed by atoms with Gasteiger partial charge in [0.05, 0.1) is 5.69 Å². The first-order valence-corrected chi connectivity index (χ1v) is 7.25. The van der Waals surface area contributed by atoms with Gasteiger partial charge in [-0.25, -0.2) is 4.79 Å². The summed E-state index contributed by atoms with van der Waals surface area (Å²) in [5, 5.41) is 12.4. The van der Waals surface area contributed by atoms with Gasteiger partial charge in [0.1, 0.15) is 5.75 Å². The van der Waals surface area contributed by atoms with Crippen LogP contribution in [-0.2, 0) is 6.54 Å². The molecule has 2 heterocycles. The third-order valence-electron chi connectivity index (χ3n) is 3.51. The van der Waals surface area contributed by atoms with Gasteiger partial charge in [-0.15, -0.1) is 13.2 Å². The van der Waals surface area contributed by atoms with Gasteiger partial charge in [-0.05, 0) is 42.0 Å². The van der Waals surface area contributed by atoms with Crippen molar-refractivity contribution in [1.29, 1.82) is 0 Å². The van der Waals surface area contributed by atoms with Crippen LogP contribution >= 0.6 is 0 Å². The number of aromatic carboxylic acids is 1. The average Bonchev–Trinajstić information content (AvgIpc) is 2.99. The normalized spacial score (nSPS) is 11.5. The van der Waals surface area contributed by atoms with Crippen LogP contribution in [0.4, 0.5) is 18.9 Å². The lowest BCUT2D eigenvalue weighted by atomic mass is 10.2. The monoisotopic (exact) mass is 350 g/mol. The van der Waals surface area contributed by atoms with Crippen molar-refractivity contribution in [2.75, 3.05) is 5.32 Å². The van der Waals surface area contributed by atoms with Gasteiger partial charge in [0, 0.05) is 18.3 Å². The summed E-state index contributed by atoms with van der Waals surface area (Å²) in [6, 6.07) is 12.4. The Labute approximate surface area is 140 Å². The van der Waals surface area contributed by atoms with Gasteiger partial charge >= 0.3 is 12.3 Å². The largest absolute Gasteiger partial charge is 0.573 e. The number of anilines is 1. The number of alkyl halides is 3. The SMILES string of the molecule is O=C(O)c1c(NCc2cccc(OC(F)(F)F)c2)ccc2cccn12. The molecule has 2 N–H and O–H groups in total. The Bertz CT molecular complexity index is 919. The summed E-state index contributed by atoms with van der Waals surface area (Å²) in [4.78, 5) is 11.6. The number of rotatable bonds is 5. The van der Waals surface area contributed by atoms with Crippen LogP contribution in [0.2, 0.25) is 0 Å². The van der Waals surface area contributed by atoms with E-state index in [0.717, 1.165) is 5.52 Å². The molecule has 0 spiro atoms. The van der Waals surface area contributed by atoms with Crippen molar-refractivity contribution in [2.24, 2.45) is 0 Å². The fourth-order valence-corrected chi connectivity index (χ4v) is 2.52. The number of hydrogen-bond acceptors (Lipinski definition) is 3. The van der Waals surface area contributed by atoms with Gasteiger partial charge in [0.2, 0.25) is 0 Å². The van der Waals surface area contributed by atoms with Gasteiger partial charge in [0.15, 0.2) is 5.69 Å². The summed E-state index contributed by atoms with van der Waals surface area (Å²) in [6.07, 6.45) is -3.14. The lowest BCUT2D eigenvalue weighted by Gasteiger charge is -2.13. The zero-order chi connectivity index (χ0) is 18.0. The van der Waals surface area contributed by atoms with Gasteiger partial charge in [-0.3, -0.25) is 0 Å². The second-order valence-corrected chi connectivity index (χ2v) is 5.25. The van der Waals surface area contributed by atoms with Crippen LogP contribution in [0, 0.1) is 0 Å². The molecule has 0 atom stereocenters. The number of pyridine rings is 1. The molecule has 130 valence electrons. The molecule has 0 saturated carbocycles. The quantitative estimate of drug-likeness (QED) is 0.726. The third kappa shape index (κ3) is 3.85. The summed E-state index contributed by atoms with van der Waals surface area (Å²) >= 11 is 0. The molecule has 8 heteroatoms. The van der Waals surface area contributed by atoms with Crippen molar-refractivity contribution in [2.45, 2.75) is 12.9 Å². The number of carboxylic acid groups (broad SMARTS) is 1. The fourth-order valence-electron chi connectivity index (χ4n) is 2.52. The molecule has 0 unspecified atom stereocenters. The minimum atomic E-state index is -4.76. The van der Waals surface area contributed by atoms with Crippen LogP contribution in [-0.4, -0.2) is 21.8 Å². The van der Waals surface area contributed by atoms with Crippen LogP contribution < -0.4 is 10.1 Å². The molecule has 25 heavy (non-hydrogen) atoms. The maximum atomic E-state index is 12.3. The predicted octanol–water partition coefficient (Wildman–Crippen LogP) is 4.15. The van der Waals surface area contributed by atoms with Crippen LogP contribution in [0.5, 0.6) is 5.75 Å². The fraction of sp³-hybridized carbons (Fsp3) is 0.118. The molecular formula is C17H13F3N2O3. The van der Waals surface area contributed by atoms with Crippen molar-refractivity contribution >= 4 is 17.2 Å². The number of halogens is 3. The number of fused-ring (bicyclic) bond motifs is 1. The molecule has 0 amide bonds. The summed E-state index contributed by atoms with van der Waals surface area (Å²) < 4.78 is 42.2. The van der Waals surface area contributed by atoms with E-state index in [1.807, 2.05) is 0 Å². The number of carboxylic acids is 1. The Balaban J connectivity index is 1.82. The van der Waals surface area contributed by atoms with Crippen molar-refractivity contribution in [3.8, 4) is 5.75 Å². The third-order valence-corrected chi connectivity index (χ3v) is 3.51. The van der Waals surface area contributed by atoms with Crippen LogP contribution in [0.25, 0.3) is 5.52 Å². The number of aromatic nitrogens is 1. The lowest BCUT2D eigenvalue weighted by molar-refractivity contribution is -0.274. The molecule has 0 saturated heterocycles. The van der Waals surface area contributed by atoms with Crippen LogP contribution in [0.3, 0.4) is 0 Å². The summed E-state index contributed by atoms with van der Waals surface area (Å²) in [5.41, 5.74) is 1.65. The van der Waals surface area contributed by atoms with E-state index in [-0.39, 0.29) is 18.0 Å². The van der Waals surface area contributed by atoms with Crippen LogP contribution in [0.15, 0.2) is 54.7 Å². The molecule has 3 rings (SSSR count). The first-order valence-electron chi connectivity index (χ1n) is 7.25. The molecular weight excluding hydrogens is 337 g/mol. The molecule has 3 aromatic rings. The van der Waals surface area contributed by atoms with E-state index in [1.165, 1.54) is 22.6 Å². The van der Waals surface area contributed by atoms with E-state index >= 15 is 0 Å². The Morgan fingerprint density at radius 1 is 1.16 bits per heavy atom. The number of nitrogens with one attached hydrogen (secondary N) is 1. The smallest absolute Gasteiger partial charge is 0.476 e. The topological polar surface area (TPSA) is 63.0 Å². The highest BCUT2D eigenvalue weighted by atomic mass is 19.4. The maximum Gasteiger partial charge on any atom is 0.573 e. The van der Waals surface area contributed by atoms with E-state index in [0.29, 0.717) is 11.3 Å². The highest BCUT2D eigenvalue weighted by Crippen LogP contribution is 2.24. The number of ether oxygens (including phenoxy) is 1. The first-order chi connectivity index (χ1) is 11.8. The molecule has 0 aliphatic heterocycles. The van der Waals surface area contributed by atoms with Crippen molar-refractivity contribution < 1.29 is 27.8 Å². The highest BCUT2D eigenvalue weighted by molar-refractivity contribution is 5.93. The van der Waals surface area contributed by atoms with Crippen LogP contribution in [0.1, 0.15) is 16.1 Å². The highest BCUT2D eigenvalue weighted by Gasteiger charge is 2.31. The van der Waals surface area contributed by atoms with Crippen molar-refractivity contribution in [3.05, 3.63) is 66.0 Å². The second kappa shape index (κ2) is 6.39. The zero-order valence-electron chi connectivity index (χ0n) is 12.7. The number of nitrogens with zero attached hydrogens (tertiary/aromatic N) is 1. The molecule has 0 bridgehead atoms. The molecule has 0 fully saturated rings. The Morgan fingerprint density at radius 2 is 1.96 bits per heavy atom. The zero-order valence-corrected chi connectivity index (χ0v) is 12.7. The summed E-state index contributed by atoms with van der Waals surface area (Å²) in [5.74, 6) is -1.44.